The molecule has 2 rings (SSSR count). The van der Waals surface area contributed by atoms with Crippen molar-refractivity contribution < 1.29 is 9.59 Å². The first kappa shape index (κ1) is 12.4. The Morgan fingerprint density at radius 3 is 2.47 bits per heavy atom. The van der Waals surface area contributed by atoms with E-state index in [2.05, 4.69) is 19.2 Å². The average molecular weight is 238 g/mol. The van der Waals surface area contributed by atoms with Gasteiger partial charge in [0, 0.05) is 6.54 Å². The van der Waals surface area contributed by atoms with E-state index < -0.39 is 5.54 Å². The normalized spacial score (nSPS) is 34.2. The Kier molecular flexibility index (Phi) is 2.92. The summed E-state index contributed by atoms with van der Waals surface area (Å²) in [6.07, 6.45) is 2.10. The molecule has 2 unspecified atom stereocenters. The fourth-order valence-corrected chi connectivity index (χ4v) is 2.60. The molecule has 96 valence electrons. The molecule has 0 radical (unpaired) electrons. The highest BCUT2D eigenvalue weighted by atomic mass is 16.2. The zero-order valence-corrected chi connectivity index (χ0v) is 11.1. The minimum absolute atomic E-state index is 0.0142. The van der Waals surface area contributed by atoms with Crippen molar-refractivity contribution in [2.45, 2.75) is 52.1 Å². The summed E-state index contributed by atoms with van der Waals surface area (Å²) in [5.74, 6) is 0.803. The van der Waals surface area contributed by atoms with Crippen LogP contribution in [0.1, 0.15) is 40.5 Å². The van der Waals surface area contributed by atoms with E-state index in [0.717, 1.165) is 12.8 Å². The van der Waals surface area contributed by atoms with Crippen molar-refractivity contribution in [3.63, 3.8) is 0 Å². The summed E-state index contributed by atoms with van der Waals surface area (Å²) in [7, 11) is 0. The van der Waals surface area contributed by atoms with E-state index >= 15 is 0 Å². The van der Waals surface area contributed by atoms with Gasteiger partial charge < -0.3 is 10.2 Å². The molecule has 1 saturated carbocycles. The van der Waals surface area contributed by atoms with Crippen LogP contribution in [0.2, 0.25) is 0 Å². The van der Waals surface area contributed by atoms with E-state index in [1.165, 1.54) is 0 Å². The average Bonchev–Trinajstić information content (AvgIpc) is 3.05. The molecule has 2 amide bonds. The molecule has 1 aliphatic carbocycles. The number of carbonyl (C=O) groups excluding carboxylic acids is 2. The van der Waals surface area contributed by atoms with Gasteiger partial charge in [-0.05, 0) is 38.5 Å². The number of nitrogens with zero attached hydrogens (tertiary/aromatic N) is 1. The van der Waals surface area contributed by atoms with Gasteiger partial charge in [0.1, 0.15) is 11.6 Å². The van der Waals surface area contributed by atoms with Gasteiger partial charge in [-0.25, -0.2) is 0 Å². The van der Waals surface area contributed by atoms with Gasteiger partial charge in [-0.1, -0.05) is 13.8 Å². The molecule has 2 aliphatic rings. The number of rotatable bonds is 3. The predicted molar refractivity (Wildman–Crippen MR) is 65.3 cm³/mol. The quantitative estimate of drug-likeness (QED) is 0.802. The van der Waals surface area contributed by atoms with Gasteiger partial charge >= 0.3 is 0 Å². The zero-order chi connectivity index (χ0) is 12.8. The highest BCUT2D eigenvalue weighted by Gasteiger charge is 2.54. The van der Waals surface area contributed by atoms with Crippen LogP contribution in [0.25, 0.3) is 0 Å². The van der Waals surface area contributed by atoms with Crippen molar-refractivity contribution in [2.75, 3.05) is 6.54 Å². The SMILES string of the molecule is CC(C)CN1C(=O)C(C)(C2CC2)NC(=O)C1C. The molecule has 1 aliphatic heterocycles. The van der Waals surface area contributed by atoms with Gasteiger partial charge in [0.25, 0.3) is 0 Å². The van der Waals surface area contributed by atoms with Crippen LogP contribution < -0.4 is 5.32 Å². The maximum atomic E-state index is 12.5. The molecule has 1 saturated heterocycles. The summed E-state index contributed by atoms with van der Waals surface area (Å²) in [5, 5.41) is 2.93. The van der Waals surface area contributed by atoms with E-state index in [-0.39, 0.29) is 17.9 Å². The van der Waals surface area contributed by atoms with E-state index in [4.69, 9.17) is 0 Å². The Bertz CT molecular complexity index is 349. The van der Waals surface area contributed by atoms with Gasteiger partial charge in [-0.2, -0.15) is 0 Å². The first-order chi connectivity index (χ1) is 7.86. The molecule has 17 heavy (non-hydrogen) atoms. The summed E-state index contributed by atoms with van der Waals surface area (Å²) in [5.41, 5.74) is -0.654. The molecule has 4 heteroatoms. The van der Waals surface area contributed by atoms with Crippen LogP contribution >= 0.6 is 0 Å². The van der Waals surface area contributed by atoms with Crippen molar-refractivity contribution in [3.05, 3.63) is 0 Å². The highest BCUT2D eigenvalue weighted by Crippen LogP contribution is 2.42. The molecule has 0 aromatic heterocycles. The summed E-state index contributed by atoms with van der Waals surface area (Å²) in [6.45, 7) is 8.49. The fraction of sp³-hybridized carbons (Fsp3) is 0.846. The second-order valence-electron chi connectivity index (χ2n) is 5.99. The third-order valence-electron chi connectivity index (χ3n) is 3.89. The van der Waals surface area contributed by atoms with Crippen molar-refractivity contribution in [2.24, 2.45) is 11.8 Å². The molecule has 0 spiro atoms. The molecule has 1 N–H and O–H groups in total. The smallest absolute Gasteiger partial charge is 0.249 e. The number of piperazine rings is 1. The molecule has 2 atom stereocenters. The number of amides is 2. The van der Waals surface area contributed by atoms with E-state index in [9.17, 15) is 9.59 Å². The van der Waals surface area contributed by atoms with E-state index in [1.54, 1.807) is 4.90 Å². The minimum Gasteiger partial charge on any atom is -0.340 e. The standard InChI is InChI=1S/C13H22N2O2/c1-8(2)7-15-9(3)11(16)14-13(4,12(15)17)10-5-6-10/h8-10H,5-7H2,1-4H3,(H,14,16). The highest BCUT2D eigenvalue weighted by molar-refractivity contribution is 5.99. The van der Waals surface area contributed by atoms with Crippen molar-refractivity contribution in [3.8, 4) is 0 Å². The zero-order valence-electron chi connectivity index (χ0n) is 11.1. The first-order valence-corrected chi connectivity index (χ1v) is 6.49. The lowest BCUT2D eigenvalue weighted by Crippen LogP contribution is -2.69. The van der Waals surface area contributed by atoms with Crippen LogP contribution in [0.4, 0.5) is 0 Å². The lowest BCUT2D eigenvalue weighted by Gasteiger charge is -2.44. The van der Waals surface area contributed by atoms with Gasteiger partial charge in [0.2, 0.25) is 11.8 Å². The summed E-state index contributed by atoms with van der Waals surface area (Å²) < 4.78 is 0. The molecular formula is C13H22N2O2. The van der Waals surface area contributed by atoms with Gasteiger partial charge in [-0.15, -0.1) is 0 Å². The maximum Gasteiger partial charge on any atom is 0.249 e. The molecule has 0 aromatic rings. The summed E-state index contributed by atoms with van der Waals surface area (Å²) >= 11 is 0. The molecule has 0 bridgehead atoms. The lowest BCUT2D eigenvalue weighted by molar-refractivity contribution is -0.155. The van der Waals surface area contributed by atoms with E-state index in [0.29, 0.717) is 18.4 Å². The Morgan fingerprint density at radius 2 is 2.00 bits per heavy atom. The number of nitrogens with one attached hydrogen (secondary N) is 1. The first-order valence-electron chi connectivity index (χ1n) is 6.49. The molecule has 2 fully saturated rings. The van der Waals surface area contributed by atoms with Crippen LogP contribution in [0.3, 0.4) is 0 Å². The Hall–Kier alpha value is -1.06. The molecule has 4 nitrogen and oxygen atoms in total. The second kappa shape index (κ2) is 4.00. The predicted octanol–water partition coefficient (Wildman–Crippen LogP) is 1.16. The van der Waals surface area contributed by atoms with E-state index in [1.807, 2.05) is 13.8 Å². The van der Waals surface area contributed by atoms with Gasteiger partial charge in [0.15, 0.2) is 0 Å². The maximum absolute atomic E-state index is 12.5. The molecule has 0 aromatic carbocycles. The van der Waals surface area contributed by atoms with Crippen LogP contribution in [-0.2, 0) is 9.59 Å². The number of carbonyl (C=O) groups is 2. The Morgan fingerprint density at radius 1 is 1.41 bits per heavy atom. The fourth-order valence-electron chi connectivity index (χ4n) is 2.60. The summed E-state index contributed by atoms with van der Waals surface area (Å²) in [4.78, 5) is 26.3. The third-order valence-corrected chi connectivity index (χ3v) is 3.89. The lowest BCUT2D eigenvalue weighted by atomic mass is 9.89. The van der Waals surface area contributed by atoms with Crippen LogP contribution in [-0.4, -0.2) is 34.8 Å². The van der Waals surface area contributed by atoms with Gasteiger partial charge in [0.05, 0.1) is 0 Å². The monoisotopic (exact) mass is 238 g/mol. The van der Waals surface area contributed by atoms with Crippen molar-refractivity contribution in [1.29, 1.82) is 0 Å². The van der Waals surface area contributed by atoms with Crippen LogP contribution in [0, 0.1) is 11.8 Å². The Balaban J connectivity index is 2.23. The van der Waals surface area contributed by atoms with Crippen LogP contribution in [0.5, 0.6) is 0 Å². The van der Waals surface area contributed by atoms with Gasteiger partial charge in [-0.3, -0.25) is 9.59 Å². The third kappa shape index (κ3) is 2.05. The minimum atomic E-state index is -0.654. The summed E-state index contributed by atoms with van der Waals surface area (Å²) in [6, 6.07) is -0.336. The van der Waals surface area contributed by atoms with Crippen molar-refractivity contribution in [1.82, 2.24) is 10.2 Å². The van der Waals surface area contributed by atoms with Crippen molar-refractivity contribution >= 4 is 11.8 Å². The molecule has 1 heterocycles. The number of hydrogen-bond donors (Lipinski definition) is 1. The molecular weight excluding hydrogens is 216 g/mol. The Labute approximate surface area is 103 Å². The number of hydrogen-bond acceptors (Lipinski definition) is 2. The van der Waals surface area contributed by atoms with Crippen LogP contribution in [0.15, 0.2) is 0 Å². The second-order valence-corrected chi connectivity index (χ2v) is 5.99. The largest absolute Gasteiger partial charge is 0.340 e. The topological polar surface area (TPSA) is 49.4 Å².